The van der Waals surface area contributed by atoms with Gasteiger partial charge in [-0.15, -0.1) is 5.10 Å². The fourth-order valence-electron chi connectivity index (χ4n) is 2.39. The molecule has 2 aromatic heterocycles. The molecule has 0 saturated heterocycles. The Kier molecular flexibility index (Phi) is 5.17. The Morgan fingerprint density at radius 2 is 2.12 bits per heavy atom. The van der Waals surface area contributed by atoms with Crippen LogP contribution in [0.5, 0.6) is 11.6 Å². The molecule has 0 spiro atoms. The van der Waals surface area contributed by atoms with Crippen molar-refractivity contribution in [1.82, 2.24) is 20.0 Å². The van der Waals surface area contributed by atoms with Gasteiger partial charge in [0.25, 0.3) is 0 Å². The molecule has 0 radical (unpaired) electrons. The molecule has 0 bridgehead atoms. The molecule has 0 amide bonds. The van der Waals surface area contributed by atoms with Crippen molar-refractivity contribution < 1.29 is 18.3 Å². The van der Waals surface area contributed by atoms with E-state index in [-0.39, 0.29) is 5.88 Å². The minimum Gasteiger partial charge on any atom is -0.494 e. The Balaban J connectivity index is 1.99. The topological polar surface area (TPSA) is 62.1 Å². The van der Waals surface area contributed by atoms with Crippen LogP contribution in [-0.2, 0) is 6.54 Å². The van der Waals surface area contributed by atoms with E-state index in [1.807, 2.05) is 6.92 Å². The summed E-state index contributed by atoms with van der Waals surface area (Å²) in [4.78, 5) is 4.05. The van der Waals surface area contributed by atoms with E-state index in [4.69, 9.17) is 4.74 Å². The van der Waals surface area contributed by atoms with E-state index in [1.165, 1.54) is 6.20 Å². The van der Waals surface area contributed by atoms with Crippen molar-refractivity contribution in [2.45, 2.75) is 20.1 Å². The highest BCUT2D eigenvalue weighted by Crippen LogP contribution is 2.32. The summed E-state index contributed by atoms with van der Waals surface area (Å²) < 4.78 is 37.1. The number of ether oxygens (including phenoxy) is 2. The van der Waals surface area contributed by atoms with Crippen molar-refractivity contribution in [2.24, 2.45) is 0 Å². The molecule has 3 aromatic rings. The Morgan fingerprint density at radius 3 is 2.84 bits per heavy atom. The Labute approximate surface area is 143 Å². The first-order chi connectivity index (χ1) is 12.2. The molecule has 130 valence electrons. The maximum absolute atomic E-state index is 12.7. The van der Waals surface area contributed by atoms with Gasteiger partial charge < -0.3 is 9.47 Å². The van der Waals surface area contributed by atoms with Crippen molar-refractivity contribution in [2.75, 3.05) is 6.61 Å². The molecule has 0 aliphatic rings. The molecule has 6 nitrogen and oxygen atoms in total. The van der Waals surface area contributed by atoms with Gasteiger partial charge in [0.15, 0.2) is 0 Å². The Bertz CT molecular complexity index is 825. The van der Waals surface area contributed by atoms with E-state index in [9.17, 15) is 8.78 Å². The number of nitrogens with zero attached hydrogens (tertiary/aromatic N) is 4. The zero-order chi connectivity index (χ0) is 17.6. The molecule has 25 heavy (non-hydrogen) atoms. The third-order valence-electron chi connectivity index (χ3n) is 3.38. The van der Waals surface area contributed by atoms with E-state index in [0.717, 1.165) is 5.56 Å². The van der Waals surface area contributed by atoms with Gasteiger partial charge in [0, 0.05) is 18.0 Å². The van der Waals surface area contributed by atoms with Gasteiger partial charge in [-0.25, -0.2) is 9.67 Å². The van der Waals surface area contributed by atoms with Crippen LogP contribution in [-0.4, -0.2) is 33.2 Å². The molecule has 8 heteroatoms. The SMILES string of the molecule is CCOc1cccc(-c2cc(Cn3ccnn3)cnc2OC(F)F)c1. The van der Waals surface area contributed by atoms with Gasteiger partial charge in [-0.3, -0.25) is 0 Å². The molecule has 3 rings (SSSR count). The minimum absolute atomic E-state index is 0.133. The predicted molar refractivity (Wildman–Crippen MR) is 86.6 cm³/mol. The second-order valence-electron chi connectivity index (χ2n) is 5.14. The molecule has 2 heterocycles. The van der Waals surface area contributed by atoms with Crippen LogP contribution in [0.3, 0.4) is 0 Å². The smallest absolute Gasteiger partial charge is 0.388 e. The van der Waals surface area contributed by atoms with Gasteiger partial charge in [-0.2, -0.15) is 8.78 Å². The number of alkyl halides is 2. The van der Waals surface area contributed by atoms with Crippen molar-refractivity contribution in [1.29, 1.82) is 0 Å². The molecule has 0 aliphatic carbocycles. The quantitative estimate of drug-likeness (QED) is 0.656. The summed E-state index contributed by atoms with van der Waals surface area (Å²) in [6.07, 6.45) is 4.75. The van der Waals surface area contributed by atoms with Crippen molar-refractivity contribution in [3.63, 3.8) is 0 Å². The van der Waals surface area contributed by atoms with Crippen molar-refractivity contribution in [3.05, 3.63) is 54.5 Å². The Morgan fingerprint density at radius 1 is 1.24 bits per heavy atom. The molecular formula is C17H16F2N4O2. The van der Waals surface area contributed by atoms with Crippen LogP contribution in [0.2, 0.25) is 0 Å². The van der Waals surface area contributed by atoms with Crippen LogP contribution in [0.4, 0.5) is 8.78 Å². The number of pyridine rings is 1. The van der Waals surface area contributed by atoms with Crippen LogP contribution in [0.1, 0.15) is 12.5 Å². The average Bonchev–Trinajstić information content (AvgIpc) is 3.09. The molecular weight excluding hydrogens is 330 g/mol. The summed E-state index contributed by atoms with van der Waals surface area (Å²) in [6.45, 7) is -0.158. The highest BCUT2D eigenvalue weighted by Gasteiger charge is 2.15. The van der Waals surface area contributed by atoms with Crippen LogP contribution in [0.25, 0.3) is 11.1 Å². The first kappa shape index (κ1) is 16.8. The highest BCUT2D eigenvalue weighted by atomic mass is 19.3. The molecule has 0 aliphatic heterocycles. The highest BCUT2D eigenvalue weighted by molar-refractivity contribution is 5.70. The molecule has 0 fully saturated rings. The number of benzene rings is 1. The second kappa shape index (κ2) is 7.69. The van der Waals surface area contributed by atoms with E-state index in [1.54, 1.807) is 47.4 Å². The van der Waals surface area contributed by atoms with E-state index < -0.39 is 6.61 Å². The normalized spacial score (nSPS) is 10.9. The second-order valence-corrected chi connectivity index (χ2v) is 5.14. The zero-order valence-electron chi connectivity index (χ0n) is 13.5. The maximum Gasteiger partial charge on any atom is 0.388 e. The lowest BCUT2D eigenvalue weighted by Gasteiger charge is -2.13. The minimum atomic E-state index is -2.96. The fraction of sp³-hybridized carbons (Fsp3) is 0.235. The monoisotopic (exact) mass is 346 g/mol. The van der Waals surface area contributed by atoms with Gasteiger partial charge >= 0.3 is 6.61 Å². The van der Waals surface area contributed by atoms with Crippen LogP contribution in [0, 0.1) is 0 Å². The number of rotatable bonds is 7. The predicted octanol–water partition coefficient (Wildman–Crippen LogP) is 3.39. The third kappa shape index (κ3) is 4.28. The molecule has 1 aromatic carbocycles. The molecule has 0 N–H and O–H groups in total. The number of halogens is 2. The van der Waals surface area contributed by atoms with Crippen LogP contribution in [0.15, 0.2) is 48.9 Å². The van der Waals surface area contributed by atoms with Crippen LogP contribution < -0.4 is 9.47 Å². The molecule has 0 saturated carbocycles. The summed E-state index contributed by atoms with van der Waals surface area (Å²) in [5.41, 5.74) is 1.91. The summed E-state index contributed by atoms with van der Waals surface area (Å²) in [6, 6.07) is 8.89. The van der Waals surface area contributed by atoms with Gasteiger partial charge in [-0.1, -0.05) is 17.3 Å². The van der Waals surface area contributed by atoms with Gasteiger partial charge in [-0.05, 0) is 36.2 Å². The summed E-state index contributed by atoms with van der Waals surface area (Å²) in [5, 5.41) is 7.63. The van der Waals surface area contributed by atoms with E-state index in [2.05, 4.69) is 20.0 Å². The van der Waals surface area contributed by atoms with Gasteiger partial charge in [0.05, 0.1) is 19.3 Å². The number of hydrogen-bond acceptors (Lipinski definition) is 5. The lowest BCUT2D eigenvalue weighted by Crippen LogP contribution is -2.07. The largest absolute Gasteiger partial charge is 0.494 e. The molecule has 0 unspecified atom stereocenters. The van der Waals surface area contributed by atoms with E-state index in [0.29, 0.717) is 30.0 Å². The van der Waals surface area contributed by atoms with Gasteiger partial charge in [0.2, 0.25) is 5.88 Å². The van der Waals surface area contributed by atoms with Crippen molar-refractivity contribution in [3.8, 4) is 22.8 Å². The first-order valence-corrected chi connectivity index (χ1v) is 7.66. The summed E-state index contributed by atoms with van der Waals surface area (Å²) in [7, 11) is 0. The maximum atomic E-state index is 12.7. The zero-order valence-corrected chi connectivity index (χ0v) is 13.5. The number of hydrogen-bond donors (Lipinski definition) is 0. The number of aromatic nitrogens is 4. The first-order valence-electron chi connectivity index (χ1n) is 7.66. The third-order valence-corrected chi connectivity index (χ3v) is 3.38. The lowest BCUT2D eigenvalue weighted by molar-refractivity contribution is -0.0524. The summed E-state index contributed by atoms with van der Waals surface area (Å²) >= 11 is 0. The van der Waals surface area contributed by atoms with Crippen LogP contribution >= 0.6 is 0 Å². The average molecular weight is 346 g/mol. The molecule has 0 atom stereocenters. The lowest BCUT2D eigenvalue weighted by atomic mass is 10.0. The standard InChI is InChI=1S/C17H16F2N4O2/c1-2-24-14-5-3-4-13(9-14)15-8-12(11-23-7-6-21-22-23)10-20-16(15)25-17(18)19/h3-10,17H,2,11H2,1H3. The van der Waals surface area contributed by atoms with Gasteiger partial charge in [0.1, 0.15) is 5.75 Å². The van der Waals surface area contributed by atoms with Crippen molar-refractivity contribution >= 4 is 0 Å². The Hall–Kier alpha value is -3.03. The summed E-state index contributed by atoms with van der Waals surface area (Å²) in [5.74, 6) is 0.510. The fourth-order valence-corrected chi connectivity index (χ4v) is 2.39. The van der Waals surface area contributed by atoms with E-state index >= 15 is 0 Å².